The third kappa shape index (κ3) is 4.33. The number of carbonyl (C=O) groups excluding carboxylic acids is 1. The van der Waals surface area contributed by atoms with Crippen molar-refractivity contribution in [1.82, 2.24) is 0 Å². The number of thioether (sulfide) groups is 1. The van der Waals surface area contributed by atoms with Crippen LogP contribution in [0.25, 0.3) is 0 Å². The minimum Gasteiger partial charge on any atom is -0.495 e. The molecular formula is C19H21N3O4S. The number of methoxy groups -OCH3 is 1. The van der Waals surface area contributed by atoms with Gasteiger partial charge in [-0.3, -0.25) is 14.9 Å². The Hall–Kier alpha value is -2.74. The molecule has 2 aromatic rings. The number of nitro groups is 1. The summed E-state index contributed by atoms with van der Waals surface area (Å²) in [6, 6.07) is 12.1. The topological polar surface area (TPSA) is 84.7 Å². The van der Waals surface area contributed by atoms with E-state index in [1.807, 2.05) is 24.3 Å². The number of ether oxygens (including phenoxy) is 1. The lowest BCUT2D eigenvalue weighted by atomic mass is 10.2. The number of hydrogen-bond acceptors (Lipinski definition) is 6. The molecule has 8 heteroatoms. The average molecular weight is 387 g/mol. The van der Waals surface area contributed by atoms with Gasteiger partial charge in [-0.05, 0) is 24.6 Å². The molecule has 0 bridgehead atoms. The molecule has 0 fully saturated rings. The molecule has 7 nitrogen and oxygen atoms in total. The molecule has 1 aliphatic heterocycles. The van der Waals surface area contributed by atoms with E-state index in [0.29, 0.717) is 23.2 Å². The fourth-order valence-corrected chi connectivity index (χ4v) is 4.07. The number of rotatable bonds is 5. The van der Waals surface area contributed by atoms with E-state index in [1.165, 1.54) is 25.3 Å². The summed E-state index contributed by atoms with van der Waals surface area (Å²) in [5, 5.41) is 14.4. The van der Waals surface area contributed by atoms with Gasteiger partial charge < -0.3 is 15.0 Å². The van der Waals surface area contributed by atoms with E-state index in [-0.39, 0.29) is 18.1 Å². The number of nitrogens with zero attached hydrogens (tertiary/aromatic N) is 2. The van der Waals surface area contributed by atoms with Crippen LogP contribution < -0.4 is 15.0 Å². The van der Waals surface area contributed by atoms with E-state index in [9.17, 15) is 14.9 Å². The lowest BCUT2D eigenvalue weighted by Gasteiger charge is -2.23. The molecular weight excluding hydrogens is 366 g/mol. The fourth-order valence-electron chi connectivity index (χ4n) is 2.96. The van der Waals surface area contributed by atoms with E-state index in [2.05, 4.69) is 12.2 Å². The summed E-state index contributed by atoms with van der Waals surface area (Å²) < 4.78 is 5.23. The molecule has 0 radical (unpaired) electrons. The Kier molecular flexibility index (Phi) is 5.85. The number of carbonyl (C=O) groups is 1. The standard InChI is InChI=1S/C19H21N3O4S/c1-13-9-10-21(16-5-3-4-6-18(16)27-13)19(23)12-20-15-11-14(22(24)25)7-8-17(15)26-2/h3-8,11,13,20H,9-10,12H2,1-2H3/t13-/m1/s1. The van der Waals surface area contributed by atoms with Crippen LogP contribution in [-0.4, -0.2) is 36.3 Å². The number of anilines is 2. The highest BCUT2D eigenvalue weighted by molar-refractivity contribution is 8.00. The monoisotopic (exact) mass is 387 g/mol. The van der Waals surface area contributed by atoms with Gasteiger partial charge in [0.2, 0.25) is 5.91 Å². The molecule has 1 aliphatic rings. The summed E-state index contributed by atoms with van der Waals surface area (Å²) in [4.78, 5) is 26.3. The van der Waals surface area contributed by atoms with E-state index in [0.717, 1.165) is 17.0 Å². The Morgan fingerprint density at radius 1 is 1.37 bits per heavy atom. The molecule has 27 heavy (non-hydrogen) atoms. The number of nitro benzene ring substituents is 1. The Balaban J connectivity index is 1.78. The molecule has 0 unspecified atom stereocenters. The van der Waals surface area contributed by atoms with Crippen LogP contribution in [0.5, 0.6) is 5.75 Å². The van der Waals surface area contributed by atoms with Gasteiger partial charge >= 0.3 is 0 Å². The summed E-state index contributed by atoms with van der Waals surface area (Å²) >= 11 is 1.77. The second kappa shape index (κ2) is 8.30. The van der Waals surface area contributed by atoms with E-state index in [4.69, 9.17) is 4.74 Å². The van der Waals surface area contributed by atoms with Gasteiger partial charge in [0.25, 0.3) is 5.69 Å². The second-order valence-electron chi connectivity index (χ2n) is 6.23. The third-order valence-corrected chi connectivity index (χ3v) is 5.61. The molecule has 0 saturated carbocycles. The molecule has 1 atom stereocenters. The van der Waals surface area contributed by atoms with Crippen molar-refractivity contribution in [3.05, 3.63) is 52.6 Å². The normalized spacial score (nSPS) is 16.2. The second-order valence-corrected chi connectivity index (χ2v) is 7.71. The summed E-state index contributed by atoms with van der Waals surface area (Å²) in [6.45, 7) is 2.81. The fraction of sp³-hybridized carbons (Fsp3) is 0.316. The maximum Gasteiger partial charge on any atom is 0.271 e. The van der Waals surface area contributed by atoms with Crippen molar-refractivity contribution in [3.63, 3.8) is 0 Å². The van der Waals surface area contributed by atoms with Crippen LogP contribution in [0.4, 0.5) is 17.1 Å². The maximum absolute atomic E-state index is 12.9. The van der Waals surface area contributed by atoms with Crippen molar-refractivity contribution in [2.75, 3.05) is 30.4 Å². The van der Waals surface area contributed by atoms with Gasteiger partial charge in [0.1, 0.15) is 5.75 Å². The number of para-hydroxylation sites is 1. The number of benzene rings is 2. The molecule has 0 spiro atoms. The first kappa shape index (κ1) is 19.0. The zero-order valence-electron chi connectivity index (χ0n) is 15.2. The molecule has 0 aliphatic carbocycles. The summed E-state index contributed by atoms with van der Waals surface area (Å²) in [7, 11) is 1.48. The van der Waals surface area contributed by atoms with Crippen LogP contribution >= 0.6 is 11.8 Å². The van der Waals surface area contributed by atoms with E-state index in [1.54, 1.807) is 16.7 Å². The van der Waals surface area contributed by atoms with Gasteiger partial charge in [-0.15, -0.1) is 11.8 Å². The first-order chi connectivity index (χ1) is 13.0. The predicted molar refractivity (Wildman–Crippen MR) is 107 cm³/mol. The minimum atomic E-state index is -0.476. The predicted octanol–water partition coefficient (Wildman–Crippen LogP) is 3.93. The lowest BCUT2D eigenvalue weighted by Crippen LogP contribution is -2.36. The quantitative estimate of drug-likeness (QED) is 0.618. The zero-order valence-corrected chi connectivity index (χ0v) is 16.0. The van der Waals surface area contributed by atoms with E-state index >= 15 is 0 Å². The third-order valence-electron chi connectivity index (χ3n) is 4.37. The van der Waals surface area contributed by atoms with Crippen LogP contribution in [0.15, 0.2) is 47.4 Å². The minimum absolute atomic E-state index is 0.0188. The molecule has 3 rings (SSSR count). The largest absolute Gasteiger partial charge is 0.495 e. The lowest BCUT2D eigenvalue weighted by molar-refractivity contribution is -0.384. The summed E-state index contributed by atoms with van der Waals surface area (Å²) in [5.41, 5.74) is 1.27. The first-order valence-corrected chi connectivity index (χ1v) is 9.50. The first-order valence-electron chi connectivity index (χ1n) is 8.62. The van der Waals surface area contributed by atoms with Crippen molar-refractivity contribution >= 4 is 34.7 Å². The SMILES string of the molecule is COc1ccc([N+](=O)[O-])cc1NCC(=O)N1CC[C@@H](C)Sc2ccccc21. The molecule has 1 heterocycles. The summed E-state index contributed by atoms with van der Waals surface area (Å²) in [6.07, 6.45) is 0.894. The highest BCUT2D eigenvalue weighted by Crippen LogP contribution is 2.37. The molecule has 1 N–H and O–H groups in total. The van der Waals surface area contributed by atoms with Crippen molar-refractivity contribution in [1.29, 1.82) is 0 Å². The number of fused-ring (bicyclic) bond motifs is 1. The molecule has 0 aromatic heterocycles. The van der Waals surface area contributed by atoms with Gasteiger partial charge in [0, 0.05) is 28.8 Å². The van der Waals surface area contributed by atoms with Crippen LogP contribution in [0.2, 0.25) is 0 Å². The molecule has 2 aromatic carbocycles. The van der Waals surface area contributed by atoms with Gasteiger partial charge in [0.15, 0.2) is 0 Å². The van der Waals surface area contributed by atoms with Crippen molar-refractivity contribution in [2.24, 2.45) is 0 Å². The van der Waals surface area contributed by atoms with Crippen LogP contribution in [0.3, 0.4) is 0 Å². The van der Waals surface area contributed by atoms with Gasteiger partial charge in [-0.25, -0.2) is 0 Å². The highest BCUT2D eigenvalue weighted by Gasteiger charge is 2.24. The molecule has 142 valence electrons. The van der Waals surface area contributed by atoms with Crippen molar-refractivity contribution in [2.45, 2.75) is 23.5 Å². The Labute approximate surface area is 161 Å². The van der Waals surface area contributed by atoms with Crippen LogP contribution in [0, 0.1) is 10.1 Å². The number of non-ortho nitro benzene ring substituents is 1. The van der Waals surface area contributed by atoms with Crippen LogP contribution in [0.1, 0.15) is 13.3 Å². The summed E-state index contributed by atoms with van der Waals surface area (Å²) in [5.74, 6) is 0.361. The van der Waals surface area contributed by atoms with Crippen molar-refractivity contribution in [3.8, 4) is 5.75 Å². The molecule has 1 amide bonds. The van der Waals surface area contributed by atoms with Crippen molar-refractivity contribution < 1.29 is 14.5 Å². The Morgan fingerprint density at radius 2 is 2.15 bits per heavy atom. The molecule has 0 saturated heterocycles. The number of nitrogens with one attached hydrogen (secondary N) is 1. The number of hydrogen-bond donors (Lipinski definition) is 1. The Morgan fingerprint density at radius 3 is 2.89 bits per heavy atom. The van der Waals surface area contributed by atoms with Crippen LogP contribution in [-0.2, 0) is 4.79 Å². The Bertz CT molecular complexity index is 859. The zero-order chi connectivity index (χ0) is 19.4. The number of amides is 1. The van der Waals surface area contributed by atoms with Gasteiger partial charge in [-0.2, -0.15) is 0 Å². The smallest absolute Gasteiger partial charge is 0.271 e. The van der Waals surface area contributed by atoms with Gasteiger partial charge in [0.05, 0.1) is 30.0 Å². The maximum atomic E-state index is 12.9. The average Bonchev–Trinajstić information content (AvgIpc) is 2.84. The van der Waals surface area contributed by atoms with E-state index < -0.39 is 4.92 Å². The van der Waals surface area contributed by atoms with Gasteiger partial charge in [-0.1, -0.05) is 19.1 Å². The highest BCUT2D eigenvalue weighted by atomic mass is 32.2.